The number of fused-ring (bicyclic) bond motifs is 1. The predicted molar refractivity (Wildman–Crippen MR) is 131 cm³/mol. The topological polar surface area (TPSA) is 70.6 Å². The quantitative estimate of drug-likeness (QED) is 0.502. The Morgan fingerprint density at radius 2 is 1.74 bits per heavy atom. The number of likely N-dealkylation sites (N-methyl/N-ethyl adjacent to an activating group) is 1. The third kappa shape index (κ3) is 5.63. The lowest BCUT2D eigenvalue weighted by Crippen LogP contribution is -2.36. The van der Waals surface area contributed by atoms with Crippen LogP contribution in [0.3, 0.4) is 0 Å². The maximum absolute atomic E-state index is 13.4. The molecule has 3 aromatic rings. The molecule has 168 valence electrons. The Labute approximate surface area is 194 Å². The molecule has 0 bridgehead atoms. The molecule has 31 heavy (non-hydrogen) atoms. The minimum absolute atomic E-state index is 0. The van der Waals surface area contributed by atoms with Gasteiger partial charge in [0.1, 0.15) is 0 Å². The van der Waals surface area contributed by atoms with Crippen LogP contribution >= 0.6 is 23.7 Å². The molecule has 9 heteroatoms. The predicted octanol–water partition coefficient (Wildman–Crippen LogP) is 4.34. The Bertz CT molecular complexity index is 1150. The van der Waals surface area contributed by atoms with Crippen molar-refractivity contribution in [1.82, 2.24) is 9.88 Å². The number of halogens is 1. The molecular weight excluding hydrogens is 454 g/mol. The first-order valence-electron chi connectivity index (χ1n) is 9.79. The van der Waals surface area contributed by atoms with Crippen LogP contribution in [0.5, 0.6) is 0 Å². The Hall–Kier alpha value is -2.00. The maximum Gasteiger partial charge on any atom is 0.260 e. The average molecular weight is 482 g/mol. The van der Waals surface area contributed by atoms with Crippen molar-refractivity contribution >= 4 is 54.8 Å². The van der Waals surface area contributed by atoms with Gasteiger partial charge in [0.15, 0.2) is 15.0 Å². The SMILES string of the molecule is CCS(=O)(=O)c1cccc(C(=O)N(CCN(C)C)c2nc3cc(C)c(C)cc3s2)c1.Cl. The van der Waals surface area contributed by atoms with E-state index >= 15 is 0 Å². The van der Waals surface area contributed by atoms with E-state index in [2.05, 4.69) is 13.0 Å². The van der Waals surface area contributed by atoms with Gasteiger partial charge in [-0.1, -0.05) is 24.3 Å². The third-order valence-electron chi connectivity index (χ3n) is 5.06. The summed E-state index contributed by atoms with van der Waals surface area (Å²) in [6.45, 7) is 6.81. The van der Waals surface area contributed by atoms with Crippen molar-refractivity contribution in [3.05, 3.63) is 53.1 Å². The summed E-state index contributed by atoms with van der Waals surface area (Å²) in [5, 5.41) is 0.616. The third-order valence-corrected chi connectivity index (χ3v) is 7.83. The number of aryl methyl sites for hydroxylation is 2. The number of hydrogen-bond acceptors (Lipinski definition) is 6. The van der Waals surface area contributed by atoms with E-state index in [-0.39, 0.29) is 29.0 Å². The Kier molecular flexibility index (Phi) is 8.21. The van der Waals surface area contributed by atoms with Crippen molar-refractivity contribution in [3.8, 4) is 0 Å². The fourth-order valence-corrected chi connectivity index (χ4v) is 5.01. The van der Waals surface area contributed by atoms with Gasteiger partial charge < -0.3 is 4.90 Å². The molecule has 3 rings (SSSR count). The van der Waals surface area contributed by atoms with Gasteiger partial charge in [-0.3, -0.25) is 9.69 Å². The van der Waals surface area contributed by atoms with Gasteiger partial charge >= 0.3 is 0 Å². The lowest BCUT2D eigenvalue weighted by molar-refractivity contribution is 0.0985. The van der Waals surface area contributed by atoms with Gasteiger partial charge in [0.2, 0.25) is 0 Å². The summed E-state index contributed by atoms with van der Waals surface area (Å²) in [5.41, 5.74) is 3.54. The standard InChI is InChI=1S/C22H27N3O3S2.ClH/c1-6-30(27,28)18-9-7-8-17(14-18)21(26)25(11-10-24(4)5)22-23-19-12-15(2)16(3)13-20(19)29-22;/h7-9,12-14H,6,10-11H2,1-5H3;1H. The Morgan fingerprint density at radius 1 is 1.06 bits per heavy atom. The molecule has 0 N–H and O–H groups in total. The molecule has 0 unspecified atom stereocenters. The Balaban J connectivity index is 0.00000341. The van der Waals surface area contributed by atoms with E-state index in [0.29, 0.717) is 23.8 Å². The van der Waals surface area contributed by atoms with Crippen molar-refractivity contribution in [1.29, 1.82) is 0 Å². The summed E-state index contributed by atoms with van der Waals surface area (Å²) in [6.07, 6.45) is 0. The number of carbonyl (C=O) groups excluding carboxylic acids is 1. The van der Waals surface area contributed by atoms with Gasteiger partial charge in [0.25, 0.3) is 5.91 Å². The highest BCUT2D eigenvalue weighted by molar-refractivity contribution is 7.91. The van der Waals surface area contributed by atoms with Crippen LogP contribution in [0.1, 0.15) is 28.4 Å². The van der Waals surface area contributed by atoms with E-state index in [1.54, 1.807) is 24.0 Å². The summed E-state index contributed by atoms with van der Waals surface area (Å²) < 4.78 is 25.6. The molecule has 1 aromatic heterocycles. The number of benzene rings is 2. The van der Waals surface area contributed by atoms with E-state index in [0.717, 1.165) is 15.8 Å². The van der Waals surface area contributed by atoms with Crippen molar-refractivity contribution in [2.45, 2.75) is 25.7 Å². The molecule has 2 aromatic carbocycles. The largest absolute Gasteiger partial charge is 0.308 e. The second kappa shape index (κ2) is 10.1. The number of aromatic nitrogens is 1. The summed E-state index contributed by atoms with van der Waals surface area (Å²) >= 11 is 1.47. The van der Waals surface area contributed by atoms with E-state index in [1.165, 1.54) is 29.0 Å². The number of anilines is 1. The second-order valence-electron chi connectivity index (χ2n) is 7.59. The number of thiazole rings is 1. The molecule has 0 radical (unpaired) electrons. The van der Waals surface area contributed by atoms with Gasteiger partial charge in [-0.15, -0.1) is 12.4 Å². The minimum Gasteiger partial charge on any atom is -0.308 e. The zero-order valence-electron chi connectivity index (χ0n) is 18.4. The lowest BCUT2D eigenvalue weighted by atomic mass is 10.1. The first-order valence-corrected chi connectivity index (χ1v) is 12.3. The molecule has 0 aliphatic rings. The van der Waals surface area contributed by atoms with E-state index < -0.39 is 9.84 Å². The van der Waals surface area contributed by atoms with Crippen LogP contribution in [0.15, 0.2) is 41.3 Å². The van der Waals surface area contributed by atoms with Crippen LogP contribution in [-0.4, -0.2) is 57.1 Å². The van der Waals surface area contributed by atoms with Crippen LogP contribution in [0.4, 0.5) is 5.13 Å². The van der Waals surface area contributed by atoms with Crippen LogP contribution in [0, 0.1) is 13.8 Å². The highest BCUT2D eigenvalue weighted by Crippen LogP contribution is 2.31. The fraction of sp³-hybridized carbons (Fsp3) is 0.364. The molecule has 1 heterocycles. The molecule has 0 fully saturated rings. The van der Waals surface area contributed by atoms with E-state index in [9.17, 15) is 13.2 Å². The zero-order chi connectivity index (χ0) is 22.1. The van der Waals surface area contributed by atoms with Crippen molar-refractivity contribution in [2.75, 3.05) is 37.8 Å². The average Bonchev–Trinajstić information content (AvgIpc) is 3.10. The molecule has 0 atom stereocenters. The maximum atomic E-state index is 13.4. The molecule has 0 aliphatic carbocycles. The second-order valence-corrected chi connectivity index (χ2v) is 10.9. The van der Waals surface area contributed by atoms with Crippen LogP contribution in [0.25, 0.3) is 10.2 Å². The normalized spacial score (nSPS) is 11.5. The van der Waals surface area contributed by atoms with E-state index in [1.807, 2.05) is 32.0 Å². The number of sulfone groups is 1. The summed E-state index contributed by atoms with van der Waals surface area (Å²) in [6, 6.07) is 10.4. The highest BCUT2D eigenvalue weighted by atomic mass is 35.5. The van der Waals surface area contributed by atoms with Gasteiger partial charge in [-0.25, -0.2) is 13.4 Å². The number of nitrogens with zero attached hydrogens (tertiary/aromatic N) is 3. The number of hydrogen-bond donors (Lipinski definition) is 0. The smallest absolute Gasteiger partial charge is 0.260 e. The van der Waals surface area contributed by atoms with Crippen LogP contribution in [0.2, 0.25) is 0 Å². The molecule has 0 saturated heterocycles. The monoisotopic (exact) mass is 481 g/mol. The van der Waals surface area contributed by atoms with Crippen molar-refractivity contribution in [3.63, 3.8) is 0 Å². The van der Waals surface area contributed by atoms with Crippen LogP contribution in [-0.2, 0) is 9.84 Å². The molecule has 6 nitrogen and oxygen atoms in total. The molecule has 1 amide bonds. The minimum atomic E-state index is -3.39. The van der Waals surface area contributed by atoms with Gasteiger partial charge in [-0.2, -0.15) is 0 Å². The number of carbonyl (C=O) groups is 1. The van der Waals surface area contributed by atoms with Gasteiger partial charge in [-0.05, 0) is 69.4 Å². The van der Waals surface area contributed by atoms with Crippen molar-refractivity contribution < 1.29 is 13.2 Å². The fourth-order valence-electron chi connectivity index (χ4n) is 3.01. The summed E-state index contributed by atoms with van der Waals surface area (Å²) in [5.74, 6) is -0.261. The van der Waals surface area contributed by atoms with Crippen molar-refractivity contribution in [2.24, 2.45) is 0 Å². The van der Waals surface area contributed by atoms with E-state index in [4.69, 9.17) is 4.98 Å². The molecule has 0 aliphatic heterocycles. The van der Waals surface area contributed by atoms with Gasteiger partial charge in [0, 0.05) is 18.7 Å². The first kappa shape index (κ1) is 25.3. The zero-order valence-corrected chi connectivity index (χ0v) is 20.8. The lowest BCUT2D eigenvalue weighted by Gasteiger charge is -2.22. The number of rotatable bonds is 7. The molecular formula is C22H28ClN3O3S2. The molecule has 0 spiro atoms. The first-order chi connectivity index (χ1) is 14.1. The van der Waals surface area contributed by atoms with Gasteiger partial charge in [0.05, 0.1) is 20.9 Å². The Morgan fingerprint density at radius 3 is 2.39 bits per heavy atom. The highest BCUT2D eigenvalue weighted by Gasteiger charge is 2.23. The molecule has 0 saturated carbocycles. The van der Waals surface area contributed by atoms with Crippen LogP contribution < -0.4 is 4.90 Å². The summed E-state index contributed by atoms with van der Waals surface area (Å²) in [4.78, 5) is 21.9. The summed E-state index contributed by atoms with van der Waals surface area (Å²) in [7, 11) is 0.501. The number of amides is 1.